The van der Waals surface area contributed by atoms with Crippen LogP contribution in [0.3, 0.4) is 0 Å². The first-order valence-corrected chi connectivity index (χ1v) is 21.2. The van der Waals surface area contributed by atoms with Crippen LogP contribution in [0.15, 0.2) is 23.3 Å². The van der Waals surface area contributed by atoms with E-state index < -0.39 is 34.1 Å². The van der Waals surface area contributed by atoms with Gasteiger partial charge in [0.2, 0.25) is 0 Å². The summed E-state index contributed by atoms with van der Waals surface area (Å²) in [6.07, 6.45) is 9.63. The molecule has 222 valence electrons. The standard InChI is InChI=1S/C32H56O5Si2/c1-11-39(12-2,13-3)35-22-30-21-26(33)32-25(24(30)16-17-27(30)36-38(9,10)28(4,5)6)15-14-23-20-31(34-8,37-32)19-18-29(23,32)7/h15-16,23,26-27,33H,11-14,17-22H2,1-10H3/t23-,26-,27-,29+,30-,31?,32+/m1/s1. The van der Waals surface area contributed by atoms with Crippen LogP contribution in [-0.4, -0.2) is 59.1 Å². The molecule has 1 spiro atoms. The monoisotopic (exact) mass is 576 g/mol. The van der Waals surface area contributed by atoms with Crippen LogP contribution < -0.4 is 0 Å². The summed E-state index contributed by atoms with van der Waals surface area (Å²) in [5, 5.41) is 12.6. The van der Waals surface area contributed by atoms with E-state index in [9.17, 15) is 5.11 Å². The summed E-state index contributed by atoms with van der Waals surface area (Å²) in [5.41, 5.74) is 1.40. The van der Waals surface area contributed by atoms with E-state index >= 15 is 0 Å². The average molecular weight is 577 g/mol. The van der Waals surface area contributed by atoms with Crippen LogP contribution in [0, 0.1) is 16.7 Å². The summed E-state index contributed by atoms with van der Waals surface area (Å²) in [6.45, 7) is 21.6. The van der Waals surface area contributed by atoms with Gasteiger partial charge in [-0.2, -0.15) is 0 Å². The summed E-state index contributed by atoms with van der Waals surface area (Å²) < 4.78 is 27.6. The number of rotatable bonds is 9. The Bertz CT molecular complexity index is 1020. The highest BCUT2D eigenvalue weighted by molar-refractivity contribution is 6.74. The number of aliphatic hydroxyl groups excluding tert-OH is 1. The Kier molecular flexibility index (Phi) is 7.44. The number of methoxy groups -OCH3 is 1. The molecule has 1 unspecified atom stereocenters. The molecule has 5 nitrogen and oxygen atoms in total. The summed E-state index contributed by atoms with van der Waals surface area (Å²) >= 11 is 0. The van der Waals surface area contributed by atoms with E-state index in [1.54, 1.807) is 7.11 Å². The maximum Gasteiger partial charge on any atom is 0.192 e. The van der Waals surface area contributed by atoms with Crippen LogP contribution in [0.1, 0.15) is 87.0 Å². The van der Waals surface area contributed by atoms with Gasteiger partial charge in [-0.15, -0.1) is 0 Å². The Hall–Kier alpha value is -0.286. The maximum atomic E-state index is 12.5. The minimum atomic E-state index is -2.06. The van der Waals surface area contributed by atoms with Gasteiger partial charge in [0, 0.05) is 37.4 Å². The maximum absolute atomic E-state index is 12.5. The number of ether oxygens (including phenoxy) is 2. The van der Waals surface area contributed by atoms with E-state index in [0.29, 0.717) is 18.9 Å². The van der Waals surface area contributed by atoms with Gasteiger partial charge >= 0.3 is 0 Å². The molecule has 7 heteroatoms. The third-order valence-corrected chi connectivity index (χ3v) is 22.0. The van der Waals surface area contributed by atoms with E-state index in [4.69, 9.17) is 18.3 Å². The van der Waals surface area contributed by atoms with Crippen molar-refractivity contribution < 1.29 is 23.4 Å². The molecule has 0 radical (unpaired) electrons. The molecule has 2 saturated heterocycles. The second-order valence-electron chi connectivity index (χ2n) is 15.3. The highest BCUT2D eigenvalue weighted by Gasteiger charge is 2.75. The Balaban J connectivity index is 1.60. The van der Waals surface area contributed by atoms with Gasteiger partial charge in [0.15, 0.2) is 22.4 Å². The average Bonchev–Trinajstić information content (AvgIpc) is 3.21. The van der Waals surface area contributed by atoms with E-state index in [1.807, 2.05) is 0 Å². The second kappa shape index (κ2) is 9.61. The van der Waals surface area contributed by atoms with Crippen molar-refractivity contribution in [3.8, 4) is 0 Å². The molecule has 1 N–H and O–H groups in total. The first-order chi connectivity index (χ1) is 18.1. The van der Waals surface area contributed by atoms with Gasteiger partial charge in [0.1, 0.15) is 5.60 Å². The quantitative estimate of drug-likeness (QED) is 0.285. The van der Waals surface area contributed by atoms with Crippen molar-refractivity contribution in [1.82, 2.24) is 0 Å². The van der Waals surface area contributed by atoms with Gasteiger partial charge < -0.3 is 23.4 Å². The van der Waals surface area contributed by atoms with Crippen molar-refractivity contribution in [2.75, 3.05) is 13.7 Å². The predicted octanol–water partition coefficient (Wildman–Crippen LogP) is 7.73. The number of aliphatic hydroxyl groups is 1. The van der Waals surface area contributed by atoms with Crippen LogP contribution >= 0.6 is 0 Å². The fraction of sp³-hybridized carbons (Fsp3) is 0.875. The van der Waals surface area contributed by atoms with Gasteiger partial charge in [-0.25, -0.2) is 0 Å². The molecule has 0 aromatic rings. The van der Waals surface area contributed by atoms with Crippen LogP contribution in [0.4, 0.5) is 0 Å². The van der Waals surface area contributed by atoms with Gasteiger partial charge in [0.05, 0.1) is 12.2 Å². The lowest BCUT2D eigenvalue weighted by molar-refractivity contribution is -0.398. The zero-order valence-electron chi connectivity index (χ0n) is 26.5. The minimum absolute atomic E-state index is 0.0150. The molecule has 6 rings (SSSR count). The first kappa shape index (κ1) is 30.2. The first-order valence-electron chi connectivity index (χ1n) is 15.8. The molecular formula is C32H56O5Si2. The van der Waals surface area contributed by atoms with Gasteiger partial charge in [-0.1, -0.05) is 60.6 Å². The number of allylic oxidation sites excluding steroid dienone is 1. The Morgan fingerprint density at radius 3 is 2.23 bits per heavy atom. The molecule has 2 saturated carbocycles. The smallest absolute Gasteiger partial charge is 0.192 e. The molecule has 39 heavy (non-hydrogen) atoms. The summed E-state index contributed by atoms with van der Waals surface area (Å²) in [5.74, 6) is -0.131. The summed E-state index contributed by atoms with van der Waals surface area (Å²) in [4.78, 5) is 0. The van der Waals surface area contributed by atoms with Crippen LogP contribution in [-0.2, 0) is 18.3 Å². The minimum Gasteiger partial charge on any atom is -0.416 e. The second-order valence-corrected chi connectivity index (χ2v) is 24.8. The molecule has 4 fully saturated rings. The van der Waals surface area contributed by atoms with Gasteiger partial charge in [-0.05, 0) is 79.0 Å². The zero-order chi connectivity index (χ0) is 28.7. The predicted molar refractivity (Wildman–Crippen MR) is 163 cm³/mol. The van der Waals surface area contributed by atoms with Crippen molar-refractivity contribution in [2.45, 2.75) is 147 Å². The van der Waals surface area contributed by atoms with Gasteiger partial charge in [0.25, 0.3) is 0 Å². The lowest BCUT2D eigenvalue weighted by Gasteiger charge is -2.71. The highest BCUT2D eigenvalue weighted by Crippen LogP contribution is 2.72. The third-order valence-electron chi connectivity index (χ3n) is 12.9. The molecule has 0 amide bonds. The normalized spacial score (nSPS) is 41.7. The van der Waals surface area contributed by atoms with Crippen molar-refractivity contribution in [3.05, 3.63) is 23.3 Å². The molecule has 4 bridgehead atoms. The molecule has 6 aliphatic rings. The number of hydrogen-bond donors (Lipinski definition) is 1. The lowest BCUT2D eigenvalue weighted by Crippen LogP contribution is -2.76. The topological polar surface area (TPSA) is 57.2 Å². The Labute approximate surface area is 240 Å². The Morgan fingerprint density at radius 2 is 1.64 bits per heavy atom. The van der Waals surface area contributed by atoms with Crippen LogP contribution in [0.5, 0.6) is 0 Å². The third kappa shape index (κ3) is 4.07. The van der Waals surface area contributed by atoms with E-state index in [-0.39, 0.29) is 22.0 Å². The van der Waals surface area contributed by atoms with Crippen molar-refractivity contribution >= 4 is 16.6 Å². The molecule has 2 aliphatic heterocycles. The van der Waals surface area contributed by atoms with E-state index in [2.05, 4.69) is 73.7 Å². The summed E-state index contributed by atoms with van der Waals surface area (Å²) in [7, 11) is -2.12. The molecule has 4 aliphatic carbocycles. The van der Waals surface area contributed by atoms with Crippen LogP contribution in [0.2, 0.25) is 36.3 Å². The van der Waals surface area contributed by atoms with Crippen molar-refractivity contribution in [2.24, 2.45) is 16.7 Å². The van der Waals surface area contributed by atoms with E-state index in [1.165, 1.54) is 11.1 Å². The molecule has 0 aromatic carbocycles. The number of fused-ring (bicyclic) bond motifs is 3. The highest BCUT2D eigenvalue weighted by atomic mass is 28.4. The Morgan fingerprint density at radius 1 is 1.00 bits per heavy atom. The largest absolute Gasteiger partial charge is 0.416 e. The van der Waals surface area contributed by atoms with Crippen molar-refractivity contribution in [3.63, 3.8) is 0 Å². The molecule has 2 heterocycles. The fourth-order valence-corrected chi connectivity index (χ4v) is 12.9. The SMILES string of the molecule is CC[Si](CC)(CC)OC[C@]12C[C@@H](O)[C@]34OC5(OC)CC[C@@]3(C)[C@H](CC=C4C1=CC[C@H]2O[Si](C)(C)C(C)(C)C)C5. The zero-order valence-corrected chi connectivity index (χ0v) is 28.5. The van der Waals surface area contributed by atoms with Crippen LogP contribution in [0.25, 0.3) is 0 Å². The lowest BCUT2D eigenvalue weighted by atomic mass is 9.44. The summed E-state index contributed by atoms with van der Waals surface area (Å²) in [6, 6.07) is 3.37. The van der Waals surface area contributed by atoms with E-state index in [0.717, 1.165) is 50.2 Å². The van der Waals surface area contributed by atoms with Crippen molar-refractivity contribution in [1.29, 1.82) is 0 Å². The molecule has 0 aromatic heterocycles. The van der Waals surface area contributed by atoms with Gasteiger partial charge in [-0.3, -0.25) is 0 Å². The molecular weight excluding hydrogens is 521 g/mol. The fourth-order valence-electron chi connectivity index (χ4n) is 8.83. The molecule has 7 atom stereocenters. The number of hydrogen-bond acceptors (Lipinski definition) is 5.